The van der Waals surface area contributed by atoms with Crippen molar-refractivity contribution in [3.8, 4) is 5.75 Å². The zero-order valence-electron chi connectivity index (χ0n) is 12.2. The Morgan fingerprint density at radius 2 is 1.71 bits per heavy atom. The molecular formula is C15H11F3NO3S2+. The summed E-state index contributed by atoms with van der Waals surface area (Å²) < 4.78 is 65.0. The van der Waals surface area contributed by atoms with Crippen molar-refractivity contribution in [1.82, 2.24) is 0 Å². The normalized spacial score (nSPS) is 12.7. The van der Waals surface area contributed by atoms with Gasteiger partial charge in [-0.05, 0) is 18.4 Å². The maximum atomic E-state index is 12.6. The lowest BCUT2D eigenvalue weighted by atomic mass is 10.1. The second kappa shape index (κ2) is 5.82. The lowest BCUT2D eigenvalue weighted by Gasteiger charge is -2.12. The first-order valence-electron chi connectivity index (χ1n) is 6.66. The zero-order valence-corrected chi connectivity index (χ0v) is 13.8. The van der Waals surface area contributed by atoms with Crippen molar-refractivity contribution in [2.45, 2.75) is 10.4 Å². The van der Waals surface area contributed by atoms with Crippen LogP contribution in [0.5, 0.6) is 5.75 Å². The Kier molecular flexibility index (Phi) is 4.08. The number of nitrogens with one attached hydrogen (secondary N) is 1. The van der Waals surface area contributed by atoms with Crippen LogP contribution in [-0.4, -0.2) is 20.2 Å². The fourth-order valence-corrected chi connectivity index (χ4v) is 3.67. The fraction of sp³-hybridized carbons (Fsp3) is 0.133. The zero-order chi connectivity index (χ0) is 17.5. The molecule has 0 amide bonds. The maximum Gasteiger partial charge on any atom is 0.534 e. The second-order valence-electron chi connectivity index (χ2n) is 4.87. The first-order chi connectivity index (χ1) is 11.2. The third kappa shape index (κ3) is 2.78. The van der Waals surface area contributed by atoms with Gasteiger partial charge in [0, 0.05) is 17.0 Å². The SMILES string of the molecule is CSc1c2ccccc2[nH+]c2cccc(OS(=O)(=O)C(F)(F)F)c12. The monoisotopic (exact) mass is 374 g/mol. The molecule has 1 N–H and O–H groups in total. The van der Waals surface area contributed by atoms with E-state index < -0.39 is 15.6 Å². The van der Waals surface area contributed by atoms with Gasteiger partial charge in [-0.15, -0.1) is 11.8 Å². The molecule has 4 nitrogen and oxygen atoms in total. The van der Waals surface area contributed by atoms with E-state index in [0.29, 0.717) is 10.4 Å². The van der Waals surface area contributed by atoms with Gasteiger partial charge in [-0.2, -0.15) is 21.6 Å². The lowest BCUT2D eigenvalue weighted by molar-refractivity contribution is -0.310. The van der Waals surface area contributed by atoms with Crippen LogP contribution in [0.3, 0.4) is 0 Å². The summed E-state index contributed by atoms with van der Waals surface area (Å²) in [4.78, 5) is 3.71. The number of fused-ring (bicyclic) bond motifs is 2. The van der Waals surface area contributed by atoms with Crippen LogP contribution in [0.1, 0.15) is 0 Å². The van der Waals surface area contributed by atoms with Crippen LogP contribution >= 0.6 is 11.8 Å². The van der Waals surface area contributed by atoms with Gasteiger partial charge in [0.1, 0.15) is 5.39 Å². The van der Waals surface area contributed by atoms with Crippen molar-refractivity contribution in [3.05, 3.63) is 42.5 Å². The van der Waals surface area contributed by atoms with Gasteiger partial charge < -0.3 is 4.18 Å². The quantitative estimate of drug-likeness (QED) is 0.303. The van der Waals surface area contributed by atoms with E-state index >= 15 is 0 Å². The molecule has 0 spiro atoms. The summed E-state index contributed by atoms with van der Waals surface area (Å²) in [6, 6.07) is 11.5. The van der Waals surface area contributed by atoms with Gasteiger partial charge in [0.05, 0.1) is 5.39 Å². The highest BCUT2D eigenvalue weighted by atomic mass is 32.2. The summed E-state index contributed by atoms with van der Waals surface area (Å²) >= 11 is 1.30. The highest BCUT2D eigenvalue weighted by Crippen LogP contribution is 2.38. The number of hydrogen-bond acceptors (Lipinski definition) is 4. The molecule has 0 bridgehead atoms. The lowest BCUT2D eigenvalue weighted by Crippen LogP contribution is -2.28. The predicted octanol–water partition coefficient (Wildman–Crippen LogP) is 3.76. The molecule has 126 valence electrons. The molecule has 1 heterocycles. The van der Waals surface area contributed by atoms with E-state index in [2.05, 4.69) is 9.17 Å². The Hall–Kier alpha value is -2.00. The van der Waals surface area contributed by atoms with Crippen LogP contribution in [0.25, 0.3) is 21.8 Å². The number of halogens is 3. The van der Waals surface area contributed by atoms with E-state index in [1.165, 1.54) is 23.9 Å². The van der Waals surface area contributed by atoms with Gasteiger partial charge in [0.25, 0.3) is 0 Å². The molecule has 2 aromatic carbocycles. The average molecular weight is 374 g/mol. The Balaban J connectivity index is 2.32. The Morgan fingerprint density at radius 1 is 1.04 bits per heavy atom. The number of aromatic amines is 1. The van der Waals surface area contributed by atoms with Crippen LogP contribution in [-0.2, 0) is 10.1 Å². The van der Waals surface area contributed by atoms with Crippen molar-refractivity contribution < 1.29 is 30.8 Å². The topological polar surface area (TPSA) is 57.5 Å². The van der Waals surface area contributed by atoms with E-state index in [1.807, 2.05) is 12.1 Å². The molecule has 0 aliphatic heterocycles. The molecule has 0 saturated carbocycles. The van der Waals surface area contributed by atoms with Gasteiger partial charge in [-0.1, -0.05) is 18.2 Å². The van der Waals surface area contributed by atoms with Gasteiger partial charge in [0.15, 0.2) is 5.75 Å². The van der Waals surface area contributed by atoms with Crippen LogP contribution in [0, 0.1) is 0 Å². The number of rotatable bonds is 3. The third-order valence-corrected chi connectivity index (χ3v) is 5.18. The Morgan fingerprint density at radius 3 is 2.38 bits per heavy atom. The molecule has 9 heteroatoms. The van der Waals surface area contributed by atoms with Crippen LogP contribution in [0.4, 0.5) is 13.2 Å². The van der Waals surface area contributed by atoms with Crippen molar-refractivity contribution in [2.24, 2.45) is 0 Å². The highest BCUT2D eigenvalue weighted by molar-refractivity contribution is 7.99. The Bertz CT molecular complexity index is 1030. The maximum absolute atomic E-state index is 12.6. The van der Waals surface area contributed by atoms with Gasteiger partial charge in [-0.25, -0.2) is 4.98 Å². The summed E-state index contributed by atoms with van der Waals surface area (Å²) in [5, 5.41) is 1.05. The molecule has 3 rings (SSSR count). The summed E-state index contributed by atoms with van der Waals surface area (Å²) in [7, 11) is -5.74. The molecule has 3 aromatic rings. The van der Waals surface area contributed by atoms with E-state index in [4.69, 9.17) is 0 Å². The molecule has 0 saturated heterocycles. The molecule has 0 atom stereocenters. The third-order valence-electron chi connectivity index (χ3n) is 3.38. The summed E-state index contributed by atoms with van der Waals surface area (Å²) in [6.07, 6.45) is 1.76. The minimum Gasteiger partial charge on any atom is -0.375 e. The van der Waals surface area contributed by atoms with Gasteiger partial charge in [-0.3, -0.25) is 0 Å². The number of aromatic nitrogens is 1. The van der Waals surface area contributed by atoms with E-state index in [1.54, 1.807) is 24.5 Å². The van der Waals surface area contributed by atoms with E-state index in [9.17, 15) is 21.6 Å². The molecule has 24 heavy (non-hydrogen) atoms. The summed E-state index contributed by atoms with van der Waals surface area (Å²) in [6.45, 7) is 0. The van der Waals surface area contributed by atoms with Crippen molar-refractivity contribution in [2.75, 3.05) is 6.26 Å². The molecule has 1 aromatic heterocycles. The second-order valence-corrected chi connectivity index (χ2v) is 7.22. The first-order valence-corrected chi connectivity index (χ1v) is 9.29. The van der Waals surface area contributed by atoms with E-state index in [0.717, 1.165) is 10.9 Å². The molecule has 0 aliphatic carbocycles. The first kappa shape index (κ1) is 16.8. The van der Waals surface area contributed by atoms with Crippen molar-refractivity contribution >= 4 is 43.7 Å². The fourth-order valence-electron chi connectivity index (χ4n) is 2.39. The van der Waals surface area contributed by atoms with Crippen molar-refractivity contribution in [3.63, 3.8) is 0 Å². The predicted molar refractivity (Wildman–Crippen MR) is 85.4 cm³/mol. The molecular weight excluding hydrogens is 363 g/mol. The van der Waals surface area contributed by atoms with Crippen molar-refractivity contribution in [1.29, 1.82) is 0 Å². The number of H-pyrrole nitrogens is 1. The molecule has 0 unspecified atom stereocenters. The smallest absolute Gasteiger partial charge is 0.375 e. The number of para-hydroxylation sites is 1. The average Bonchev–Trinajstić information content (AvgIpc) is 2.51. The number of hydrogen-bond donors (Lipinski definition) is 0. The van der Waals surface area contributed by atoms with Gasteiger partial charge in [0.2, 0.25) is 11.0 Å². The minimum atomic E-state index is -5.74. The van der Waals surface area contributed by atoms with Crippen LogP contribution < -0.4 is 9.17 Å². The number of thioether (sulfide) groups is 1. The number of alkyl halides is 3. The standard InChI is InChI=1S/C15H10F3NO3S2/c1-23-14-9-5-2-3-6-10(9)19-11-7-4-8-12(13(11)14)22-24(20,21)15(16,17)18/h2-8H,1H3/p+1. The number of pyridine rings is 1. The summed E-state index contributed by atoms with van der Waals surface area (Å²) in [5.74, 6) is -0.365. The summed E-state index contributed by atoms with van der Waals surface area (Å²) in [5.41, 5.74) is -4.23. The molecule has 0 fully saturated rings. The number of benzene rings is 2. The van der Waals surface area contributed by atoms with Crippen LogP contribution in [0.2, 0.25) is 0 Å². The Labute approximate surface area is 139 Å². The van der Waals surface area contributed by atoms with Crippen LogP contribution in [0.15, 0.2) is 47.4 Å². The highest BCUT2D eigenvalue weighted by Gasteiger charge is 2.48. The van der Waals surface area contributed by atoms with Gasteiger partial charge >= 0.3 is 15.6 Å². The minimum absolute atomic E-state index is 0.288. The van der Waals surface area contributed by atoms with E-state index in [-0.39, 0.29) is 11.1 Å². The largest absolute Gasteiger partial charge is 0.534 e. The molecule has 0 aliphatic rings. The molecule has 0 radical (unpaired) electrons.